The van der Waals surface area contributed by atoms with Gasteiger partial charge in [0.15, 0.2) is 0 Å². The number of likely N-dealkylation sites (N-methyl/N-ethyl adjacent to an activating group) is 1. The number of rotatable bonds is 7. The second kappa shape index (κ2) is 9.88. The van der Waals surface area contributed by atoms with Gasteiger partial charge in [-0.05, 0) is 66.9 Å². The average Bonchev–Trinajstić information content (AvgIpc) is 2.80. The fourth-order valence-corrected chi connectivity index (χ4v) is 3.26. The van der Waals surface area contributed by atoms with Gasteiger partial charge in [-0.15, -0.1) is 0 Å². The first-order valence-corrected chi connectivity index (χ1v) is 10.7. The third-order valence-electron chi connectivity index (χ3n) is 5.58. The fourth-order valence-electron chi connectivity index (χ4n) is 3.14. The van der Waals surface area contributed by atoms with Gasteiger partial charge < -0.3 is 15.3 Å². The molecule has 6 nitrogen and oxygen atoms in total. The van der Waals surface area contributed by atoms with Crippen LogP contribution >= 0.6 is 11.6 Å². The fraction of sp³-hybridized carbons (Fsp3) is 0.192. The number of nitrogens with zero attached hydrogens (tertiary/aromatic N) is 1. The van der Waals surface area contributed by atoms with Crippen LogP contribution in [-0.4, -0.2) is 40.4 Å². The Morgan fingerprint density at radius 3 is 1.91 bits per heavy atom. The Morgan fingerprint density at radius 1 is 0.879 bits per heavy atom. The number of carboxylic acid groups (broad SMARTS) is 1. The number of amides is 2. The number of aliphatic carboxylic acids is 1. The van der Waals surface area contributed by atoms with E-state index in [-0.39, 0.29) is 18.2 Å². The number of hydrogen-bond donors (Lipinski definition) is 2. The first-order chi connectivity index (χ1) is 15.6. The third kappa shape index (κ3) is 5.79. The Hall–Kier alpha value is -3.64. The molecule has 0 aliphatic rings. The molecule has 0 heterocycles. The van der Waals surface area contributed by atoms with Crippen molar-refractivity contribution in [2.24, 2.45) is 0 Å². The molecule has 0 aliphatic heterocycles. The minimum Gasteiger partial charge on any atom is -0.480 e. The van der Waals surface area contributed by atoms with Crippen LogP contribution in [0.5, 0.6) is 0 Å². The average molecular weight is 465 g/mol. The molecule has 7 heteroatoms. The van der Waals surface area contributed by atoms with Gasteiger partial charge in [-0.25, -0.2) is 4.79 Å². The molecule has 0 aliphatic carbocycles. The Kier molecular flexibility index (Phi) is 7.19. The van der Waals surface area contributed by atoms with Gasteiger partial charge in [0.25, 0.3) is 5.91 Å². The number of hydrogen-bond acceptors (Lipinski definition) is 3. The Morgan fingerprint density at radius 2 is 1.39 bits per heavy atom. The van der Waals surface area contributed by atoms with E-state index in [0.717, 1.165) is 16.7 Å². The molecule has 0 fully saturated rings. The van der Waals surface area contributed by atoms with Crippen LogP contribution in [-0.2, 0) is 16.0 Å². The van der Waals surface area contributed by atoms with Crippen molar-refractivity contribution >= 4 is 35.1 Å². The maximum absolute atomic E-state index is 12.7. The highest BCUT2D eigenvalue weighted by atomic mass is 35.5. The van der Waals surface area contributed by atoms with Crippen molar-refractivity contribution in [3.05, 3.63) is 88.9 Å². The van der Waals surface area contributed by atoms with Crippen LogP contribution in [0.4, 0.5) is 5.69 Å². The third-order valence-corrected chi connectivity index (χ3v) is 5.83. The second-order valence-corrected chi connectivity index (χ2v) is 8.67. The summed E-state index contributed by atoms with van der Waals surface area (Å²) in [7, 11) is 1.48. The molecular formula is C26H25ClN2O4. The predicted octanol–water partition coefficient (Wildman–Crippen LogP) is 5.12. The summed E-state index contributed by atoms with van der Waals surface area (Å²) in [6, 6.07) is 21.5. The van der Waals surface area contributed by atoms with E-state index in [2.05, 4.69) is 5.32 Å². The lowest BCUT2D eigenvalue weighted by molar-refractivity contribution is -0.147. The van der Waals surface area contributed by atoms with Gasteiger partial charge in [-0.3, -0.25) is 9.59 Å². The van der Waals surface area contributed by atoms with E-state index >= 15 is 0 Å². The van der Waals surface area contributed by atoms with Gasteiger partial charge in [-0.2, -0.15) is 0 Å². The summed E-state index contributed by atoms with van der Waals surface area (Å²) in [5.74, 6) is -1.57. The molecule has 0 bridgehead atoms. The van der Waals surface area contributed by atoms with Crippen molar-refractivity contribution in [2.75, 3.05) is 12.4 Å². The van der Waals surface area contributed by atoms with Crippen molar-refractivity contribution in [1.82, 2.24) is 4.90 Å². The van der Waals surface area contributed by atoms with Crippen molar-refractivity contribution in [3.8, 4) is 11.1 Å². The highest BCUT2D eigenvalue weighted by molar-refractivity contribution is 6.30. The lowest BCUT2D eigenvalue weighted by atomic mass is 10.0. The van der Waals surface area contributed by atoms with Gasteiger partial charge in [0.1, 0.15) is 5.54 Å². The van der Waals surface area contributed by atoms with Gasteiger partial charge in [0.05, 0.1) is 6.42 Å². The Balaban J connectivity index is 1.65. The van der Waals surface area contributed by atoms with E-state index in [1.165, 1.54) is 25.8 Å². The molecule has 0 aromatic heterocycles. The normalized spacial score (nSPS) is 11.0. The summed E-state index contributed by atoms with van der Waals surface area (Å²) in [5, 5.41) is 12.8. The smallest absolute Gasteiger partial charge is 0.329 e. The lowest BCUT2D eigenvalue weighted by Crippen LogP contribution is -2.50. The van der Waals surface area contributed by atoms with Gasteiger partial charge >= 0.3 is 5.97 Å². The molecule has 0 spiro atoms. The van der Waals surface area contributed by atoms with Gasteiger partial charge in [-0.1, -0.05) is 48.0 Å². The molecule has 170 valence electrons. The summed E-state index contributed by atoms with van der Waals surface area (Å²) in [6.45, 7) is 2.97. The monoisotopic (exact) mass is 464 g/mol. The summed E-state index contributed by atoms with van der Waals surface area (Å²) in [6.07, 6.45) is 0.252. The molecule has 0 saturated heterocycles. The molecule has 0 radical (unpaired) electrons. The first kappa shape index (κ1) is 24.0. The topological polar surface area (TPSA) is 86.7 Å². The largest absolute Gasteiger partial charge is 0.480 e. The van der Waals surface area contributed by atoms with Crippen LogP contribution in [0.1, 0.15) is 29.8 Å². The molecule has 0 unspecified atom stereocenters. The molecular weight excluding hydrogens is 440 g/mol. The molecule has 3 aromatic rings. The maximum Gasteiger partial charge on any atom is 0.329 e. The standard InChI is InChI=1S/C26H25ClN2O4/c1-26(2,25(32)33)29(3)24(31)20-8-6-18(7-9-20)19-10-14-22(15-11-19)28-23(30)16-17-4-12-21(27)13-5-17/h4-15H,16H2,1-3H3,(H,28,30)(H,32,33). The van der Waals surface area contributed by atoms with Crippen LogP contribution in [0.15, 0.2) is 72.8 Å². The van der Waals surface area contributed by atoms with E-state index in [9.17, 15) is 19.5 Å². The first-order valence-electron chi connectivity index (χ1n) is 10.3. The molecule has 0 atom stereocenters. The van der Waals surface area contributed by atoms with E-state index in [1.54, 1.807) is 24.3 Å². The van der Waals surface area contributed by atoms with E-state index < -0.39 is 11.5 Å². The highest BCUT2D eigenvalue weighted by Gasteiger charge is 2.35. The van der Waals surface area contributed by atoms with Crippen LogP contribution in [0.3, 0.4) is 0 Å². The number of carbonyl (C=O) groups is 3. The van der Waals surface area contributed by atoms with Crippen molar-refractivity contribution in [2.45, 2.75) is 25.8 Å². The van der Waals surface area contributed by atoms with Crippen LogP contribution in [0.2, 0.25) is 5.02 Å². The summed E-state index contributed by atoms with van der Waals surface area (Å²) < 4.78 is 0. The minimum absolute atomic E-state index is 0.124. The summed E-state index contributed by atoms with van der Waals surface area (Å²) in [4.78, 5) is 37.6. The number of carboxylic acids is 1. The highest BCUT2D eigenvalue weighted by Crippen LogP contribution is 2.24. The number of nitrogens with one attached hydrogen (secondary N) is 1. The number of halogens is 1. The molecule has 0 saturated carbocycles. The number of anilines is 1. The molecule has 2 amide bonds. The van der Waals surface area contributed by atoms with E-state index in [4.69, 9.17) is 11.6 Å². The zero-order chi connectivity index (χ0) is 24.2. The Labute approximate surface area is 197 Å². The zero-order valence-electron chi connectivity index (χ0n) is 18.6. The van der Waals surface area contributed by atoms with Crippen LogP contribution < -0.4 is 5.32 Å². The SMILES string of the molecule is CN(C(=O)c1ccc(-c2ccc(NC(=O)Cc3ccc(Cl)cc3)cc2)cc1)C(C)(C)C(=O)O. The van der Waals surface area contributed by atoms with E-state index in [0.29, 0.717) is 16.3 Å². The molecule has 33 heavy (non-hydrogen) atoms. The van der Waals surface area contributed by atoms with Gasteiger partial charge in [0.2, 0.25) is 5.91 Å². The summed E-state index contributed by atoms with van der Waals surface area (Å²) in [5.41, 5.74) is 2.46. The minimum atomic E-state index is -1.32. The van der Waals surface area contributed by atoms with Crippen LogP contribution in [0.25, 0.3) is 11.1 Å². The lowest BCUT2D eigenvalue weighted by Gasteiger charge is -2.31. The predicted molar refractivity (Wildman–Crippen MR) is 129 cm³/mol. The zero-order valence-corrected chi connectivity index (χ0v) is 19.4. The van der Waals surface area contributed by atoms with Crippen molar-refractivity contribution in [3.63, 3.8) is 0 Å². The molecule has 3 aromatic carbocycles. The number of benzene rings is 3. The van der Waals surface area contributed by atoms with Crippen molar-refractivity contribution < 1.29 is 19.5 Å². The van der Waals surface area contributed by atoms with E-state index in [1.807, 2.05) is 48.5 Å². The van der Waals surface area contributed by atoms with Crippen molar-refractivity contribution in [1.29, 1.82) is 0 Å². The van der Waals surface area contributed by atoms with Gasteiger partial charge in [0, 0.05) is 23.3 Å². The summed E-state index contributed by atoms with van der Waals surface area (Å²) >= 11 is 5.87. The Bertz CT molecular complexity index is 1150. The molecule has 2 N–H and O–H groups in total. The van der Waals surface area contributed by atoms with Crippen LogP contribution in [0, 0.1) is 0 Å². The quantitative estimate of drug-likeness (QED) is 0.508. The second-order valence-electron chi connectivity index (χ2n) is 8.23. The maximum atomic E-state index is 12.7. The molecule has 3 rings (SSSR count). The number of carbonyl (C=O) groups excluding carboxylic acids is 2.